The number of carboxylic acid groups (broad SMARTS) is 1. The molecule has 8 nitrogen and oxygen atoms in total. The van der Waals surface area contributed by atoms with Gasteiger partial charge in [0.25, 0.3) is 0 Å². The van der Waals surface area contributed by atoms with E-state index in [1.54, 1.807) is 6.92 Å². The molecule has 0 saturated carbocycles. The Kier molecular flexibility index (Phi) is 25.4. The molecule has 0 spiro atoms. The molecular formula is C32H64O8. The van der Waals surface area contributed by atoms with E-state index in [1.165, 1.54) is 89.9 Å². The Morgan fingerprint density at radius 2 is 0.875 bits per heavy atom. The summed E-state index contributed by atoms with van der Waals surface area (Å²) in [5, 5.41) is 69.5. The van der Waals surface area contributed by atoms with Crippen molar-refractivity contribution in [1.29, 1.82) is 0 Å². The van der Waals surface area contributed by atoms with Gasteiger partial charge in [-0.05, 0) is 18.3 Å². The number of rotatable bonds is 29. The lowest BCUT2D eigenvalue weighted by atomic mass is 9.71. The highest BCUT2D eigenvalue weighted by Gasteiger charge is 2.43. The molecule has 0 radical (unpaired) electrons. The van der Waals surface area contributed by atoms with E-state index in [4.69, 9.17) is 0 Å². The average molecular weight is 577 g/mol. The maximum atomic E-state index is 12.0. The van der Waals surface area contributed by atoms with Crippen LogP contribution in [0.1, 0.15) is 142 Å². The first-order valence-corrected chi connectivity index (χ1v) is 16.4. The third-order valence-corrected chi connectivity index (χ3v) is 8.63. The standard InChI is InChI=1S/C32H64O8/c1-3-5-6-7-8-9-10-11-12-13-14-15-16-17-18-19-20-21-22-26(30(37)27(35)23-33)25(4-2)29(32(39)40)31(38)28(36)24-34/h25-31,33-38H,3-24H2,1-2H3,(H,39,40)/t25-,26-,27-,28-,29-,30-,31+/m0/s1. The molecule has 7 atom stereocenters. The molecule has 0 aromatic heterocycles. The molecule has 8 heteroatoms. The van der Waals surface area contributed by atoms with Crippen LogP contribution in [0.15, 0.2) is 0 Å². The van der Waals surface area contributed by atoms with Crippen molar-refractivity contribution in [2.75, 3.05) is 13.2 Å². The number of carboxylic acids is 1. The van der Waals surface area contributed by atoms with Gasteiger partial charge in [0.2, 0.25) is 0 Å². The molecule has 0 unspecified atom stereocenters. The zero-order chi connectivity index (χ0) is 30.2. The first-order valence-electron chi connectivity index (χ1n) is 16.4. The molecule has 0 bridgehead atoms. The average Bonchev–Trinajstić information content (AvgIpc) is 2.95. The van der Waals surface area contributed by atoms with Gasteiger partial charge < -0.3 is 35.7 Å². The molecule has 0 aliphatic carbocycles. The van der Waals surface area contributed by atoms with Crippen molar-refractivity contribution in [1.82, 2.24) is 0 Å². The van der Waals surface area contributed by atoms with E-state index >= 15 is 0 Å². The molecule has 240 valence electrons. The Morgan fingerprint density at radius 3 is 1.20 bits per heavy atom. The number of aliphatic carboxylic acids is 1. The van der Waals surface area contributed by atoms with Gasteiger partial charge in [-0.2, -0.15) is 0 Å². The number of unbranched alkanes of at least 4 members (excludes halogenated alkanes) is 17. The summed E-state index contributed by atoms with van der Waals surface area (Å²) in [5.41, 5.74) is 0. The Balaban J connectivity index is 4.35. The number of hydrogen-bond donors (Lipinski definition) is 7. The number of aliphatic hydroxyl groups excluding tert-OH is 6. The van der Waals surface area contributed by atoms with Crippen LogP contribution in [0.5, 0.6) is 0 Å². The minimum absolute atomic E-state index is 0.283. The van der Waals surface area contributed by atoms with Crippen LogP contribution in [-0.2, 0) is 4.79 Å². The van der Waals surface area contributed by atoms with Gasteiger partial charge in [-0.1, -0.05) is 136 Å². The zero-order valence-corrected chi connectivity index (χ0v) is 25.6. The fourth-order valence-electron chi connectivity index (χ4n) is 6.07. The molecule has 0 aliphatic heterocycles. The summed E-state index contributed by atoms with van der Waals surface area (Å²) in [5.74, 6) is -4.20. The van der Waals surface area contributed by atoms with Crippen molar-refractivity contribution in [3.8, 4) is 0 Å². The first kappa shape index (κ1) is 39.2. The van der Waals surface area contributed by atoms with Crippen LogP contribution in [0.2, 0.25) is 0 Å². The third-order valence-electron chi connectivity index (χ3n) is 8.63. The van der Waals surface area contributed by atoms with Crippen LogP contribution in [0.25, 0.3) is 0 Å². The van der Waals surface area contributed by atoms with Crippen molar-refractivity contribution in [3.63, 3.8) is 0 Å². The summed E-state index contributed by atoms with van der Waals surface area (Å²) in [6, 6.07) is 0. The van der Waals surface area contributed by atoms with Crippen LogP contribution in [-0.4, -0.2) is 79.3 Å². The summed E-state index contributed by atoms with van der Waals surface area (Å²) in [7, 11) is 0. The van der Waals surface area contributed by atoms with E-state index in [0.717, 1.165) is 25.7 Å². The van der Waals surface area contributed by atoms with Gasteiger partial charge >= 0.3 is 5.97 Å². The van der Waals surface area contributed by atoms with Gasteiger partial charge in [0.15, 0.2) is 0 Å². The SMILES string of the molecule is CCCCCCCCCCCCCCCCCCCC[C@H]([C@H](O)[C@@H](O)CO)[C@H](CC)[C@H](C(=O)O)[C@H](O)[C@@H](O)CO. The summed E-state index contributed by atoms with van der Waals surface area (Å²) in [6.45, 7) is 2.55. The first-order chi connectivity index (χ1) is 19.3. The van der Waals surface area contributed by atoms with E-state index in [0.29, 0.717) is 6.42 Å². The van der Waals surface area contributed by atoms with E-state index in [-0.39, 0.29) is 6.42 Å². The normalized spacial score (nSPS) is 17.2. The highest BCUT2D eigenvalue weighted by Crippen LogP contribution is 2.35. The molecule has 0 heterocycles. The van der Waals surface area contributed by atoms with Crippen molar-refractivity contribution in [2.45, 2.75) is 167 Å². The summed E-state index contributed by atoms with van der Waals surface area (Å²) in [6.07, 6.45) is 17.1. The van der Waals surface area contributed by atoms with Crippen molar-refractivity contribution in [3.05, 3.63) is 0 Å². The molecule has 0 fully saturated rings. The lowest BCUT2D eigenvalue weighted by molar-refractivity contribution is -0.159. The van der Waals surface area contributed by atoms with Gasteiger partial charge in [-0.15, -0.1) is 0 Å². The second-order valence-corrected chi connectivity index (χ2v) is 11.9. The number of carbonyl (C=O) groups is 1. The van der Waals surface area contributed by atoms with Crippen LogP contribution < -0.4 is 0 Å². The van der Waals surface area contributed by atoms with E-state index < -0.39 is 61.4 Å². The topological polar surface area (TPSA) is 159 Å². The van der Waals surface area contributed by atoms with Gasteiger partial charge in [0, 0.05) is 0 Å². The Morgan fingerprint density at radius 1 is 0.525 bits per heavy atom. The largest absolute Gasteiger partial charge is 0.481 e. The van der Waals surface area contributed by atoms with Crippen LogP contribution in [0.3, 0.4) is 0 Å². The fraction of sp³-hybridized carbons (Fsp3) is 0.969. The number of hydrogen-bond acceptors (Lipinski definition) is 7. The predicted octanol–water partition coefficient (Wildman–Crippen LogP) is 5.19. The maximum Gasteiger partial charge on any atom is 0.309 e. The van der Waals surface area contributed by atoms with Crippen LogP contribution in [0, 0.1) is 17.8 Å². The minimum atomic E-state index is -1.71. The van der Waals surface area contributed by atoms with Crippen molar-refractivity contribution < 1.29 is 40.5 Å². The zero-order valence-electron chi connectivity index (χ0n) is 25.6. The molecule has 0 aromatic carbocycles. The second-order valence-electron chi connectivity index (χ2n) is 11.9. The molecule has 0 aromatic rings. The number of aliphatic hydroxyl groups is 6. The van der Waals surface area contributed by atoms with Gasteiger partial charge in [0.1, 0.15) is 12.2 Å². The summed E-state index contributed by atoms with van der Waals surface area (Å²) >= 11 is 0. The second kappa shape index (κ2) is 25.9. The lowest BCUT2D eigenvalue weighted by Gasteiger charge is -2.38. The van der Waals surface area contributed by atoms with Crippen molar-refractivity contribution in [2.24, 2.45) is 17.8 Å². The van der Waals surface area contributed by atoms with E-state index in [9.17, 15) is 40.5 Å². The quantitative estimate of drug-likeness (QED) is 0.0599. The molecule has 7 N–H and O–H groups in total. The summed E-state index contributed by atoms with van der Waals surface area (Å²) in [4.78, 5) is 12.0. The Bertz CT molecular complexity index is 575. The molecule has 40 heavy (non-hydrogen) atoms. The van der Waals surface area contributed by atoms with Gasteiger partial charge in [0.05, 0.1) is 31.3 Å². The monoisotopic (exact) mass is 576 g/mol. The highest BCUT2D eigenvalue weighted by molar-refractivity contribution is 5.71. The maximum absolute atomic E-state index is 12.0. The smallest absolute Gasteiger partial charge is 0.309 e. The Labute approximate surface area is 244 Å². The predicted molar refractivity (Wildman–Crippen MR) is 160 cm³/mol. The van der Waals surface area contributed by atoms with E-state index in [2.05, 4.69) is 6.92 Å². The fourth-order valence-corrected chi connectivity index (χ4v) is 6.07. The van der Waals surface area contributed by atoms with Gasteiger partial charge in [-0.25, -0.2) is 0 Å². The van der Waals surface area contributed by atoms with Crippen molar-refractivity contribution >= 4 is 5.97 Å². The van der Waals surface area contributed by atoms with Crippen LogP contribution >= 0.6 is 0 Å². The molecular weight excluding hydrogens is 512 g/mol. The molecule has 0 saturated heterocycles. The van der Waals surface area contributed by atoms with Crippen LogP contribution in [0.4, 0.5) is 0 Å². The Hall–Kier alpha value is -0.770. The minimum Gasteiger partial charge on any atom is -0.481 e. The lowest BCUT2D eigenvalue weighted by Crippen LogP contribution is -2.49. The third kappa shape index (κ3) is 17.2. The summed E-state index contributed by atoms with van der Waals surface area (Å²) < 4.78 is 0. The molecule has 0 rings (SSSR count). The van der Waals surface area contributed by atoms with E-state index in [1.807, 2.05) is 0 Å². The highest BCUT2D eigenvalue weighted by atomic mass is 16.4. The molecule has 0 aliphatic rings. The molecule has 0 amide bonds. The van der Waals surface area contributed by atoms with Gasteiger partial charge in [-0.3, -0.25) is 4.79 Å².